The molecule has 3 heterocycles. The first-order valence-electron chi connectivity index (χ1n) is 18.4. The molecule has 0 spiro atoms. The van der Waals surface area contributed by atoms with E-state index in [1.807, 2.05) is 37.3 Å². The second kappa shape index (κ2) is 16.1. The molecule has 3 N–H and O–H groups in total. The van der Waals surface area contributed by atoms with E-state index < -0.39 is 35.0 Å². The first kappa shape index (κ1) is 39.5. The first-order chi connectivity index (χ1) is 25.1. The number of aromatic nitrogens is 2. The number of hydrogen-bond donors (Lipinski definition) is 3. The summed E-state index contributed by atoms with van der Waals surface area (Å²) in [5.41, 5.74) is 6.68. The Kier molecular flexibility index (Phi) is 12.0. The molecule has 5 rings (SSSR count). The van der Waals surface area contributed by atoms with Gasteiger partial charge in [0.25, 0.3) is 0 Å². The van der Waals surface area contributed by atoms with Crippen molar-refractivity contribution in [2.45, 2.75) is 92.0 Å². The van der Waals surface area contributed by atoms with Crippen LogP contribution in [0.2, 0.25) is 0 Å². The number of amides is 2. The van der Waals surface area contributed by atoms with Crippen molar-refractivity contribution in [2.24, 2.45) is 11.3 Å². The summed E-state index contributed by atoms with van der Waals surface area (Å²) >= 11 is 0. The summed E-state index contributed by atoms with van der Waals surface area (Å²) in [6.45, 7) is 14.7. The van der Waals surface area contributed by atoms with E-state index in [-0.39, 0.29) is 31.6 Å². The summed E-state index contributed by atoms with van der Waals surface area (Å²) < 4.78 is 13.5. The Morgan fingerprint density at radius 2 is 1.77 bits per heavy atom. The molecule has 0 saturated carbocycles. The van der Waals surface area contributed by atoms with Crippen LogP contribution < -0.4 is 5.32 Å². The number of likely N-dealkylation sites (tertiary alicyclic amines) is 1. The number of hydrogen-bond acceptors (Lipinski definition) is 7. The number of pyridine rings is 1. The van der Waals surface area contributed by atoms with Crippen LogP contribution in [0, 0.1) is 11.3 Å². The number of methoxy groups -OCH3 is 1. The van der Waals surface area contributed by atoms with Gasteiger partial charge in [-0.05, 0) is 99.4 Å². The Morgan fingerprint density at radius 3 is 2.42 bits per heavy atom. The van der Waals surface area contributed by atoms with Gasteiger partial charge in [-0.2, -0.15) is 0 Å². The van der Waals surface area contributed by atoms with Crippen molar-refractivity contribution in [3.8, 4) is 22.4 Å². The Balaban J connectivity index is 1.56. The maximum absolute atomic E-state index is 13.8. The van der Waals surface area contributed by atoms with Gasteiger partial charge >= 0.3 is 12.1 Å². The molecule has 0 radical (unpaired) electrons. The summed E-state index contributed by atoms with van der Waals surface area (Å²) in [7, 11) is 1.68. The molecule has 1 saturated heterocycles. The average Bonchev–Trinajstić information content (AvgIpc) is 3.73. The molecule has 0 aliphatic carbocycles. The largest absolute Gasteiger partial charge is 0.481 e. The lowest BCUT2D eigenvalue weighted by molar-refractivity contribution is -0.141. The average molecular weight is 727 g/mol. The van der Waals surface area contributed by atoms with Crippen molar-refractivity contribution < 1.29 is 34.1 Å². The Bertz CT molecular complexity index is 1960. The molecule has 3 atom stereocenters. The Morgan fingerprint density at radius 1 is 1.04 bits per heavy atom. The van der Waals surface area contributed by atoms with E-state index in [1.165, 1.54) is 4.90 Å². The van der Waals surface area contributed by atoms with Crippen molar-refractivity contribution in [3.63, 3.8) is 0 Å². The number of nitrogens with one attached hydrogen (secondary N) is 1. The third-order valence-corrected chi connectivity index (χ3v) is 9.94. The fourth-order valence-electron chi connectivity index (χ4n) is 7.15. The summed E-state index contributed by atoms with van der Waals surface area (Å²) in [5, 5.41) is 23.8. The van der Waals surface area contributed by atoms with Crippen LogP contribution in [0.3, 0.4) is 0 Å². The summed E-state index contributed by atoms with van der Waals surface area (Å²) in [4.78, 5) is 44.6. The molecule has 0 bridgehead atoms. The molecule has 1 fully saturated rings. The molecule has 284 valence electrons. The molecule has 1 aliphatic rings. The number of aliphatic hydroxyl groups excluding tert-OH is 1. The smallest absolute Gasteiger partial charge is 0.408 e. The zero-order chi connectivity index (χ0) is 38.7. The third kappa shape index (κ3) is 9.08. The molecule has 11 nitrogen and oxygen atoms in total. The van der Waals surface area contributed by atoms with E-state index in [4.69, 9.17) is 14.5 Å². The maximum Gasteiger partial charge on any atom is 0.408 e. The molecule has 4 aromatic rings. The van der Waals surface area contributed by atoms with Crippen LogP contribution in [0.15, 0.2) is 60.8 Å². The number of alkyl carbamates (subject to hydrolysis) is 1. The number of carboxylic acids is 1. The van der Waals surface area contributed by atoms with Crippen molar-refractivity contribution >= 4 is 28.9 Å². The van der Waals surface area contributed by atoms with Crippen molar-refractivity contribution in [1.82, 2.24) is 19.8 Å². The maximum atomic E-state index is 13.8. The minimum atomic E-state index is -0.952. The van der Waals surface area contributed by atoms with Crippen LogP contribution in [0.5, 0.6) is 0 Å². The van der Waals surface area contributed by atoms with Crippen LogP contribution in [0.1, 0.15) is 77.8 Å². The van der Waals surface area contributed by atoms with Crippen LogP contribution in [0.25, 0.3) is 33.3 Å². The predicted octanol–water partition coefficient (Wildman–Crippen LogP) is 7.03. The minimum Gasteiger partial charge on any atom is -0.481 e. The molecule has 2 aromatic heterocycles. The lowest BCUT2D eigenvalue weighted by Crippen LogP contribution is -2.50. The van der Waals surface area contributed by atoms with E-state index in [9.17, 15) is 24.6 Å². The molecule has 2 aromatic carbocycles. The number of carboxylic acid groups (broad SMARTS) is 1. The number of aryl methyl sites for hydroxylation is 1. The van der Waals surface area contributed by atoms with Crippen LogP contribution in [-0.2, 0) is 38.4 Å². The van der Waals surface area contributed by atoms with Crippen molar-refractivity contribution in [2.75, 3.05) is 26.8 Å². The Hall–Kier alpha value is -4.74. The van der Waals surface area contributed by atoms with Gasteiger partial charge in [-0.15, -0.1) is 0 Å². The highest BCUT2D eigenvalue weighted by molar-refractivity contribution is 5.95. The summed E-state index contributed by atoms with van der Waals surface area (Å²) in [5.74, 6) is -1.91. The number of aliphatic carboxylic acids is 1. The molecular formula is C42H54N4O7. The zero-order valence-corrected chi connectivity index (χ0v) is 32.2. The van der Waals surface area contributed by atoms with E-state index in [2.05, 4.69) is 54.9 Å². The first-order valence-corrected chi connectivity index (χ1v) is 18.4. The molecule has 1 aliphatic heterocycles. The molecular weight excluding hydrogens is 672 g/mol. The van der Waals surface area contributed by atoms with Gasteiger partial charge in [-0.25, -0.2) is 4.79 Å². The predicted molar refractivity (Wildman–Crippen MR) is 205 cm³/mol. The highest BCUT2D eigenvalue weighted by atomic mass is 16.6. The van der Waals surface area contributed by atoms with Crippen LogP contribution in [0.4, 0.5) is 4.79 Å². The summed E-state index contributed by atoms with van der Waals surface area (Å²) in [6, 6.07) is 17.4. The topological polar surface area (TPSA) is 143 Å². The van der Waals surface area contributed by atoms with Gasteiger partial charge in [-0.1, -0.05) is 44.2 Å². The normalized spacial score (nSPS) is 16.1. The van der Waals surface area contributed by atoms with E-state index >= 15 is 0 Å². The summed E-state index contributed by atoms with van der Waals surface area (Å²) in [6.07, 6.45) is 2.03. The van der Waals surface area contributed by atoms with Crippen molar-refractivity contribution in [3.05, 3.63) is 77.6 Å². The Labute approximate surface area is 312 Å². The fourth-order valence-corrected chi connectivity index (χ4v) is 7.15. The monoisotopic (exact) mass is 726 g/mol. The second-order valence-corrected chi connectivity index (χ2v) is 15.8. The SMILES string of the molecule is CCn1c(-c2cccnc2[C@H](C)OC)c(CC(C)(C)CO)c2cc(-c3cccc(C[C@H](NC(=O)OC(C)(C)C)C(=O)N4CC[C@H](C(=O)O)C4)c3)ccc21. The van der Waals surface area contributed by atoms with Gasteiger partial charge in [0.05, 0.1) is 23.4 Å². The highest BCUT2D eigenvalue weighted by Gasteiger charge is 2.35. The fraction of sp³-hybridized carbons (Fsp3) is 0.476. The van der Waals surface area contributed by atoms with E-state index in [0.29, 0.717) is 19.4 Å². The number of carbonyl (C=O) groups excluding carboxylic acids is 2. The number of rotatable bonds is 13. The number of ether oxygens (including phenoxy) is 2. The zero-order valence-electron chi connectivity index (χ0n) is 32.2. The van der Waals surface area contributed by atoms with Crippen LogP contribution in [-0.4, -0.2) is 81.1 Å². The second-order valence-electron chi connectivity index (χ2n) is 15.8. The van der Waals surface area contributed by atoms with Gasteiger partial charge in [0.2, 0.25) is 5.91 Å². The highest BCUT2D eigenvalue weighted by Crippen LogP contribution is 2.41. The lowest BCUT2D eigenvalue weighted by atomic mass is 9.84. The molecule has 53 heavy (non-hydrogen) atoms. The molecule has 2 amide bonds. The minimum absolute atomic E-state index is 0.0208. The standard InChI is InChI=1S/C42H54N4O7/c1-9-46-35-16-15-29(22-32(35)33(23-42(6,7)25-47)37(46)31-14-11-18-43-36(31)26(2)52-8)28-13-10-12-27(20-28)21-34(44-40(51)53-41(3,4)5)38(48)45-19-17-30(24-45)39(49)50/h10-16,18,20,22,26,30,34,47H,9,17,19,21,23-25H2,1-8H3,(H,44,51)(H,49,50)/t26-,30-,34-/m0/s1. The number of aliphatic hydroxyl groups is 1. The van der Waals surface area contributed by atoms with Gasteiger partial charge in [0, 0.05) is 62.4 Å². The molecule has 0 unspecified atom stereocenters. The van der Waals surface area contributed by atoms with E-state index in [1.54, 1.807) is 34.1 Å². The van der Waals surface area contributed by atoms with Gasteiger partial charge in [0.1, 0.15) is 11.6 Å². The quantitative estimate of drug-likeness (QED) is 0.133. The van der Waals surface area contributed by atoms with Crippen LogP contribution >= 0.6 is 0 Å². The van der Waals surface area contributed by atoms with Gasteiger partial charge in [-0.3, -0.25) is 14.6 Å². The van der Waals surface area contributed by atoms with E-state index in [0.717, 1.165) is 56.7 Å². The number of fused-ring (bicyclic) bond motifs is 1. The third-order valence-electron chi connectivity index (χ3n) is 9.94. The molecule has 11 heteroatoms. The number of benzene rings is 2. The number of carbonyl (C=O) groups is 3. The lowest BCUT2D eigenvalue weighted by Gasteiger charge is -2.26. The van der Waals surface area contributed by atoms with Gasteiger partial charge in [0.15, 0.2) is 0 Å². The van der Waals surface area contributed by atoms with Crippen molar-refractivity contribution in [1.29, 1.82) is 0 Å². The van der Waals surface area contributed by atoms with Gasteiger partial charge < -0.3 is 34.5 Å². The number of nitrogens with zero attached hydrogens (tertiary/aromatic N) is 3.